The summed E-state index contributed by atoms with van der Waals surface area (Å²) < 4.78 is 27.5. The van der Waals surface area contributed by atoms with Crippen LogP contribution >= 0.6 is 27.7 Å². The third kappa shape index (κ3) is 4.75. The third-order valence-corrected chi connectivity index (χ3v) is 6.39. The highest BCUT2D eigenvalue weighted by Gasteiger charge is 2.22. The van der Waals surface area contributed by atoms with Crippen molar-refractivity contribution in [3.05, 3.63) is 28.2 Å². The Morgan fingerprint density at radius 2 is 2.05 bits per heavy atom. The highest BCUT2D eigenvalue weighted by molar-refractivity contribution is 9.10. The monoisotopic (exact) mass is 366 g/mol. The van der Waals surface area contributed by atoms with E-state index in [2.05, 4.69) is 20.7 Å². The molecular formula is C12H19BrN2O2S2. The summed E-state index contributed by atoms with van der Waals surface area (Å²) in [5.74, 6) is 0. The SMILES string of the molecule is CSC(C)(C)CNS(=O)(=O)c1ccc(CN)cc1Br. The van der Waals surface area contributed by atoms with Gasteiger partial charge in [-0.1, -0.05) is 6.07 Å². The average molecular weight is 367 g/mol. The van der Waals surface area contributed by atoms with Crippen molar-refractivity contribution in [3.63, 3.8) is 0 Å². The lowest BCUT2D eigenvalue weighted by Crippen LogP contribution is -2.36. The molecule has 0 atom stereocenters. The minimum Gasteiger partial charge on any atom is -0.326 e. The van der Waals surface area contributed by atoms with Crippen molar-refractivity contribution in [3.8, 4) is 0 Å². The van der Waals surface area contributed by atoms with Crippen molar-refractivity contribution >= 4 is 37.7 Å². The van der Waals surface area contributed by atoms with Crippen molar-refractivity contribution in [1.82, 2.24) is 4.72 Å². The quantitative estimate of drug-likeness (QED) is 0.810. The van der Waals surface area contributed by atoms with Gasteiger partial charge in [0.05, 0.1) is 4.90 Å². The van der Waals surface area contributed by atoms with Crippen molar-refractivity contribution in [2.45, 2.75) is 30.0 Å². The van der Waals surface area contributed by atoms with Gasteiger partial charge in [0, 0.05) is 22.3 Å². The highest BCUT2D eigenvalue weighted by Crippen LogP contribution is 2.25. The van der Waals surface area contributed by atoms with Crippen LogP contribution in [0.5, 0.6) is 0 Å². The normalized spacial score (nSPS) is 12.7. The van der Waals surface area contributed by atoms with Crippen molar-refractivity contribution < 1.29 is 8.42 Å². The Morgan fingerprint density at radius 1 is 1.42 bits per heavy atom. The molecule has 0 aromatic heterocycles. The molecule has 0 bridgehead atoms. The van der Waals surface area contributed by atoms with E-state index in [-0.39, 0.29) is 9.64 Å². The average Bonchev–Trinajstić information content (AvgIpc) is 2.36. The molecule has 0 fully saturated rings. The molecule has 0 aliphatic rings. The van der Waals surface area contributed by atoms with Gasteiger partial charge in [0.25, 0.3) is 0 Å². The Labute approximate surface area is 127 Å². The second-order valence-corrected chi connectivity index (χ2v) is 8.86. The minimum absolute atomic E-state index is 0.142. The van der Waals surface area contributed by atoms with Crippen LogP contribution < -0.4 is 10.5 Å². The van der Waals surface area contributed by atoms with E-state index in [1.807, 2.05) is 20.1 Å². The number of hydrogen-bond acceptors (Lipinski definition) is 4. The molecule has 0 heterocycles. The standard InChI is InChI=1S/C12H19BrN2O2S2/c1-12(2,18-3)8-15-19(16,17)11-5-4-9(7-14)6-10(11)13/h4-6,15H,7-8,14H2,1-3H3. The summed E-state index contributed by atoms with van der Waals surface area (Å²) in [6, 6.07) is 5.02. The number of halogens is 1. The van der Waals surface area contributed by atoms with E-state index >= 15 is 0 Å². The van der Waals surface area contributed by atoms with Crippen LogP contribution in [0.25, 0.3) is 0 Å². The zero-order chi connectivity index (χ0) is 14.7. The fourth-order valence-corrected chi connectivity index (χ4v) is 3.95. The zero-order valence-electron chi connectivity index (χ0n) is 11.2. The van der Waals surface area contributed by atoms with Gasteiger partial charge in [0.2, 0.25) is 10.0 Å². The van der Waals surface area contributed by atoms with Crippen LogP contribution in [0.15, 0.2) is 27.6 Å². The van der Waals surface area contributed by atoms with Crippen LogP contribution in [-0.2, 0) is 16.6 Å². The van der Waals surface area contributed by atoms with Gasteiger partial charge >= 0.3 is 0 Å². The molecule has 108 valence electrons. The molecule has 1 rings (SSSR count). The molecule has 0 saturated carbocycles. The van der Waals surface area contributed by atoms with Crippen LogP contribution in [0.3, 0.4) is 0 Å². The number of nitrogens with two attached hydrogens (primary N) is 1. The first-order valence-corrected chi connectivity index (χ1v) is 9.25. The van der Waals surface area contributed by atoms with E-state index in [1.165, 1.54) is 0 Å². The first kappa shape index (κ1) is 17.0. The van der Waals surface area contributed by atoms with Gasteiger partial charge < -0.3 is 5.73 Å². The smallest absolute Gasteiger partial charge is 0.241 e. The van der Waals surface area contributed by atoms with Crippen LogP contribution in [0.2, 0.25) is 0 Å². The number of benzene rings is 1. The van der Waals surface area contributed by atoms with Crippen LogP contribution in [0, 0.1) is 0 Å². The molecule has 0 radical (unpaired) electrons. The molecule has 4 nitrogen and oxygen atoms in total. The third-order valence-electron chi connectivity index (χ3n) is 2.76. The molecule has 0 aliphatic carbocycles. The summed E-state index contributed by atoms with van der Waals surface area (Å²) >= 11 is 4.90. The summed E-state index contributed by atoms with van der Waals surface area (Å²) in [4.78, 5) is 0.238. The first-order chi connectivity index (χ1) is 8.72. The molecule has 0 unspecified atom stereocenters. The Kier molecular flexibility index (Phi) is 5.88. The van der Waals surface area contributed by atoms with Gasteiger partial charge in [-0.25, -0.2) is 13.1 Å². The lowest BCUT2D eigenvalue weighted by Gasteiger charge is -2.22. The second kappa shape index (κ2) is 6.58. The van der Waals surface area contributed by atoms with Gasteiger partial charge in [0.1, 0.15) is 0 Å². The molecule has 7 heteroatoms. The summed E-state index contributed by atoms with van der Waals surface area (Å²) in [5.41, 5.74) is 6.41. The number of sulfonamides is 1. The molecule has 1 aromatic rings. The zero-order valence-corrected chi connectivity index (χ0v) is 14.5. The Hall–Kier alpha value is -0.0800. The Morgan fingerprint density at radius 3 is 2.53 bits per heavy atom. The van der Waals surface area contributed by atoms with E-state index in [9.17, 15) is 8.42 Å². The molecular weight excluding hydrogens is 348 g/mol. The lowest BCUT2D eigenvalue weighted by molar-refractivity contribution is 0.570. The van der Waals surface area contributed by atoms with Gasteiger partial charge in [-0.05, 0) is 53.7 Å². The van der Waals surface area contributed by atoms with Crippen molar-refractivity contribution in [1.29, 1.82) is 0 Å². The van der Waals surface area contributed by atoms with Gasteiger partial charge in [-0.3, -0.25) is 0 Å². The minimum atomic E-state index is -3.51. The van der Waals surface area contributed by atoms with Crippen molar-refractivity contribution in [2.75, 3.05) is 12.8 Å². The molecule has 0 aliphatic heterocycles. The molecule has 0 spiro atoms. The molecule has 3 N–H and O–H groups in total. The number of nitrogens with one attached hydrogen (secondary N) is 1. The first-order valence-electron chi connectivity index (χ1n) is 5.75. The fraction of sp³-hybridized carbons (Fsp3) is 0.500. The lowest BCUT2D eigenvalue weighted by atomic mass is 10.2. The Balaban J connectivity index is 2.95. The van der Waals surface area contributed by atoms with E-state index < -0.39 is 10.0 Å². The van der Waals surface area contributed by atoms with E-state index in [0.29, 0.717) is 17.6 Å². The summed E-state index contributed by atoms with van der Waals surface area (Å²) in [6.45, 7) is 4.74. The maximum Gasteiger partial charge on any atom is 0.241 e. The fourth-order valence-electron chi connectivity index (χ4n) is 1.31. The largest absolute Gasteiger partial charge is 0.326 e. The highest BCUT2D eigenvalue weighted by atomic mass is 79.9. The van der Waals surface area contributed by atoms with Gasteiger partial charge in [-0.2, -0.15) is 11.8 Å². The summed E-state index contributed by atoms with van der Waals surface area (Å²) in [7, 11) is -3.51. The molecule has 0 amide bonds. The molecule has 19 heavy (non-hydrogen) atoms. The van der Waals surface area contributed by atoms with E-state index in [4.69, 9.17) is 5.73 Å². The van der Waals surface area contributed by atoms with Crippen LogP contribution in [-0.4, -0.2) is 26.0 Å². The van der Waals surface area contributed by atoms with Crippen molar-refractivity contribution in [2.24, 2.45) is 5.73 Å². The summed E-state index contributed by atoms with van der Waals surface area (Å²) in [5, 5.41) is 0. The van der Waals surface area contributed by atoms with E-state index in [0.717, 1.165) is 5.56 Å². The van der Waals surface area contributed by atoms with Gasteiger partial charge in [-0.15, -0.1) is 0 Å². The predicted molar refractivity (Wildman–Crippen MR) is 84.8 cm³/mol. The summed E-state index contributed by atoms with van der Waals surface area (Å²) in [6.07, 6.45) is 1.96. The maximum atomic E-state index is 12.2. The number of hydrogen-bond donors (Lipinski definition) is 2. The van der Waals surface area contributed by atoms with Crippen LogP contribution in [0.4, 0.5) is 0 Å². The topological polar surface area (TPSA) is 72.2 Å². The predicted octanol–water partition coefficient (Wildman–Crippen LogP) is 2.33. The van der Waals surface area contributed by atoms with E-state index in [1.54, 1.807) is 30.0 Å². The maximum absolute atomic E-state index is 12.2. The van der Waals surface area contributed by atoms with Crippen LogP contribution in [0.1, 0.15) is 19.4 Å². The number of rotatable bonds is 6. The second-order valence-electron chi connectivity index (χ2n) is 4.76. The van der Waals surface area contributed by atoms with Gasteiger partial charge in [0.15, 0.2) is 0 Å². The number of thioether (sulfide) groups is 1. The molecule has 0 saturated heterocycles. The molecule has 1 aromatic carbocycles. The Bertz CT molecular complexity index is 545.